The van der Waals surface area contributed by atoms with Crippen molar-refractivity contribution in [1.82, 2.24) is 9.97 Å². The molecule has 0 radical (unpaired) electrons. The number of nitrogens with zero attached hydrogens (tertiary/aromatic N) is 3. The average molecular weight is 239 g/mol. The third-order valence-electron chi connectivity index (χ3n) is 3.59. The zero-order chi connectivity index (χ0) is 12.5. The number of aromatic nitrogens is 2. The molecule has 5 heteroatoms. The van der Waals surface area contributed by atoms with Crippen LogP contribution in [0.5, 0.6) is 0 Å². The number of anilines is 1. The minimum Gasteiger partial charge on any atom is -0.396 e. The molecule has 0 aromatic carbocycles. The summed E-state index contributed by atoms with van der Waals surface area (Å²) < 4.78 is 12.7. The predicted molar refractivity (Wildman–Crippen MR) is 63.2 cm³/mol. The first kappa shape index (κ1) is 12.2. The quantitative estimate of drug-likeness (QED) is 0.867. The van der Waals surface area contributed by atoms with Gasteiger partial charge in [0.05, 0.1) is 12.4 Å². The number of hydrogen-bond donors (Lipinski definition) is 1. The summed E-state index contributed by atoms with van der Waals surface area (Å²) in [7, 11) is 0. The maximum absolute atomic E-state index is 12.7. The van der Waals surface area contributed by atoms with Crippen LogP contribution in [-0.2, 0) is 0 Å². The van der Waals surface area contributed by atoms with Crippen molar-refractivity contribution in [2.75, 3.05) is 24.6 Å². The van der Waals surface area contributed by atoms with Crippen molar-refractivity contribution in [3.05, 3.63) is 18.2 Å². The van der Waals surface area contributed by atoms with Crippen molar-refractivity contribution in [3.63, 3.8) is 0 Å². The van der Waals surface area contributed by atoms with E-state index in [2.05, 4.69) is 23.8 Å². The molecule has 0 aliphatic carbocycles. The van der Waals surface area contributed by atoms with E-state index in [1.807, 2.05) is 4.90 Å². The maximum atomic E-state index is 12.7. The van der Waals surface area contributed by atoms with E-state index in [1.54, 1.807) is 0 Å². The van der Waals surface area contributed by atoms with Crippen molar-refractivity contribution in [1.29, 1.82) is 0 Å². The lowest BCUT2D eigenvalue weighted by molar-refractivity contribution is 0.106. The van der Waals surface area contributed by atoms with Gasteiger partial charge >= 0.3 is 0 Å². The SMILES string of the molecule is CC(C)(CO)C1CCN(c2ncc(F)cn2)C1. The molecule has 1 fully saturated rings. The molecule has 0 spiro atoms. The van der Waals surface area contributed by atoms with Crippen molar-refractivity contribution >= 4 is 5.95 Å². The normalized spacial score (nSPS) is 20.9. The topological polar surface area (TPSA) is 49.2 Å². The van der Waals surface area contributed by atoms with Crippen LogP contribution in [0.15, 0.2) is 12.4 Å². The van der Waals surface area contributed by atoms with Gasteiger partial charge < -0.3 is 10.0 Å². The lowest BCUT2D eigenvalue weighted by atomic mass is 9.79. The minimum atomic E-state index is -0.416. The third kappa shape index (κ3) is 2.54. The summed E-state index contributed by atoms with van der Waals surface area (Å²) in [5, 5.41) is 9.35. The van der Waals surface area contributed by atoms with Crippen LogP contribution in [0.25, 0.3) is 0 Å². The Balaban J connectivity index is 2.05. The molecule has 1 aromatic rings. The van der Waals surface area contributed by atoms with E-state index in [9.17, 15) is 9.50 Å². The van der Waals surface area contributed by atoms with Crippen LogP contribution in [-0.4, -0.2) is 34.8 Å². The van der Waals surface area contributed by atoms with Crippen LogP contribution in [0.1, 0.15) is 20.3 Å². The first-order chi connectivity index (χ1) is 8.03. The van der Waals surface area contributed by atoms with Crippen LogP contribution in [0.2, 0.25) is 0 Å². The van der Waals surface area contributed by atoms with Crippen molar-refractivity contribution < 1.29 is 9.50 Å². The summed E-state index contributed by atoms with van der Waals surface area (Å²) in [6.07, 6.45) is 3.38. The highest BCUT2D eigenvalue weighted by Gasteiger charge is 2.35. The first-order valence-electron chi connectivity index (χ1n) is 5.86. The van der Waals surface area contributed by atoms with Crippen molar-refractivity contribution in [2.24, 2.45) is 11.3 Å². The van der Waals surface area contributed by atoms with Crippen LogP contribution >= 0.6 is 0 Å². The predicted octanol–water partition coefficient (Wildman–Crippen LogP) is 1.46. The largest absolute Gasteiger partial charge is 0.396 e. The van der Waals surface area contributed by atoms with Crippen molar-refractivity contribution in [3.8, 4) is 0 Å². The van der Waals surface area contributed by atoms with Gasteiger partial charge in [-0.15, -0.1) is 0 Å². The van der Waals surface area contributed by atoms with Crippen LogP contribution in [0.3, 0.4) is 0 Å². The minimum absolute atomic E-state index is 0.0885. The summed E-state index contributed by atoms with van der Waals surface area (Å²) in [5.41, 5.74) is -0.0885. The third-order valence-corrected chi connectivity index (χ3v) is 3.59. The van der Waals surface area contributed by atoms with Gasteiger partial charge in [-0.25, -0.2) is 14.4 Å². The van der Waals surface area contributed by atoms with Gasteiger partial charge in [0.25, 0.3) is 0 Å². The Bertz CT molecular complexity index is 380. The molecule has 0 amide bonds. The highest BCUT2D eigenvalue weighted by Crippen LogP contribution is 2.34. The average Bonchev–Trinajstić information content (AvgIpc) is 2.80. The standard InChI is InChI=1S/C12H18FN3O/c1-12(2,8-17)9-3-4-16(7-9)11-14-5-10(13)6-15-11/h5-6,9,17H,3-4,7-8H2,1-2H3. The lowest BCUT2D eigenvalue weighted by Crippen LogP contribution is -2.31. The highest BCUT2D eigenvalue weighted by atomic mass is 19.1. The summed E-state index contributed by atoms with van der Waals surface area (Å²) in [4.78, 5) is 10.0. The van der Waals surface area contributed by atoms with Gasteiger partial charge in [-0.1, -0.05) is 13.8 Å². The fraction of sp³-hybridized carbons (Fsp3) is 0.667. The molecule has 1 aromatic heterocycles. The fourth-order valence-electron chi connectivity index (χ4n) is 2.18. The Labute approximate surface area is 101 Å². The molecule has 1 atom stereocenters. The lowest BCUT2D eigenvalue weighted by Gasteiger charge is -2.29. The van der Waals surface area contributed by atoms with Crippen molar-refractivity contribution in [2.45, 2.75) is 20.3 Å². The molecule has 0 saturated carbocycles. The van der Waals surface area contributed by atoms with Gasteiger partial charge in [-0.3, -0.25) is 0 Å². The fourth-order valence-corrected chi connectivity index (χ4v) is 2.18. The summed E-state index contributed by atoms with van der Waals surface area (Å²) in [5.74, 6) is 0.573. The number of hydrogen-bond acceptors (Lipinski definition) is 4. The smallest absolute Gasteiger partial charge is 0.225 e. The Morgan fingerprint density at radius 2 is 2.12 bits per heavy atom. The van der Waals surface area contributed by atoms with Gasteiger partial charge in [0.15, 0.2) is 5.82 Å². The van der Waals surface area contributed by atoms with Crippen LogP contribution in [0, 0.1) is 17.2 Å². The van der Waals surface area contributed by atoms with E-state index in [-0.39, 0.29) is 12.0 Å². The first-order valence-corrected chi connectivity index (χ1v) is 5.86. The second kappa shape index (κ2) is 4.56. The molecule has 2 rings (SSSR count). The Kier molecular flexibility index (Phi) is 3.28. The second-order valence-corrected chi connectivity index (χ2v) is 5.28. The van der Waals surface area contributed by atoms with E-state index in [0.29, 0.717) is 11.9 Å². The maximum Gasteiger partial charge on any atom is 0.225 e. The Morgan fingerprint density at radius 1 is 1.47 bits per heavy atom. The van der Waals surface area contributed by atoms with E-state index in [1.165, 1.54) is 12.4 Å². The summed E-state index contributed by atoms with van der Waals surface area (Å²) >= 11 is 0. The van der Waals surface area contributed by atoms with E-state index in [4.69, 9.17) is 0 Å². The molecule has 1 saturated heterocycles. The zero-order valence-electron chi connectivity index (χ0n) is 10.2. The van der Waals surface area contributed by atoms with E-state index < -0.39 is 5.82 Å². The highest BCUT2D eigenvalue weighted by molar-refractivity contribution is 5.30. The zero-order valence-corrected chi connectivity index (χ0v) is 10.2. The molecule has 1 aliphatic heterocycles. The molecule has 0 bridgehead atoms. The molecular weight excluding hydrogens is 221 g/mol. The number of rotatable bonds is 3. The van der Waals surface area contributed by atoms with E-state index >= 15 is 0 Å². The Hall–Kier alpha value is -1.23. The van der Waals surface area contributed by atoms with Gasteiger partial charge in [-0.05, 0) is 17.8 Å². The second-order valence-electron chi connectivity index (χ2n) is 5.28. The monoisotopic (exact) mass is 239 g/mol. The molecule has 1 aliphatic rings. The number of halogens is 1. The number of aliphatic hydroxyl groups excluding tert-OH is 1. The van der Waals surface area contributed by atoms with E-state index in [0.717, 1.165) is 19.5 Å². The molecule has 2 heterocycles. The van der Waals surface area contributed by atoms with Gasteiger partial charge in [0.1, 0.15) is 0 Å². The molecule has 1 unspecified atom stereocenters. The number of aliphatic hydroxyl groups is 1. The van der Waals surface area contributed by atoms with Crippen LogP contribution < -0.4 is 4.90 Å². The molecule has 17 heavy (non-hydrogen) atoms. The molecule has 94 valence electrons. The van der Waals surface area contributed by atoms with Gasteiger partial charge in [0, 0.05) is 19.7 Å². The molecular formula is C12H18FN3O. The summed E-state index contributed by atoms with van der Waals surface area (Å²) in [6, 6.07) is 0. The van der Waals surface area contributed by atoms with Gasteiger partial charge in [0.2, 0.25) is 5.95 Å². The van der Waals surface area contributed by atoms with Gasteiger partial charge in [-0.2, -0.15) is 0 Å². The molecule has 4 nitrogen and oxygen atoms in total. The summed E-state index contributed by atoms with van der Waals surface area (Å²) in [6.45, 7) is 5.98. The Morgan fingerprint density at radius 3 is 2.71 bits per heavy atom. The van der Waals surface area contributed by atoms with Crippen LogP contribution in [0.4, 0.5) is 10.3 Å². The molecule has 1 N–H and O–H groups in total.